The van der Waals surface area contributed by atoms with Crippen LogP contribution in [0.15, 0.2) is 17.6 Å². The molecule has 0 amide bonds. The maximum atomic E-state index is 4.62. The molecule has 0 aliphatic heterocycles. The van der Waals surface area contributed by atoms with E-state index in [9.17, 15) is 0 Å². The highest BCUT2D eigenvalue weighted by atomic mass is 32.1. The molecule has 0 unspecified atom stereocenters. The van der Waals surface area contributed by atoms with Crippen LogP contribution < -0.4 is 5.32 Å². The highest BCUT2D eigenvalue weighted by Gasteiger charge is 2.04. The second kappa shape index (κ2) is 6.11. The largest absolute Gasteiger partial charge is 0.310 e. The third-order valence-corrected chi connectivity index (χ3v) is 3.57. The normalized spacial score (nSPS) is 11.3. The molecule has 2 rings (SSSR count). The van der Waals surface area contributed by atoms with Gasteiger partial charge in [0.1, 0.15) is 5.01 Å². The first-order chi connectivity index (χ1) is 8.65. The molecule has 0 aliphatic carbocycles. The first-order valence-electron chi connectivity index (χ1n) is 6.27. The van der Waals surface area contributed by atoms with E-state index in [1.54, 1.807) is 11.3 Å². The van der Waals surface area contributed by atoms with Gasteiger partial charge in [-0.15, -0.1) is 11.3 Å². The van der Waals surface area contributed by atoms with E-state index in [4.69, 9.17) is 0 Å². The number of hydrogen-bond donors (Lipinski definition) is 1. The quantitative estimate of drug-likeness (QED) is 0.871. The Morgan fingerprint density at radius 2 is 2.28 bits per heavy atom. The van der Waals surface area contributed by atoms with Gasteiger partial charge in [0, 0.05) is 23.8 Å². The fourth-order valence-electron chi connectivity index (χ4n) is 1.69. The zero-order valence-corrected chi connectivity index (χ0v) is 12.0. The minimum absolute atomic E-state index is 0.677. The lowest BCUT2D eigenvalue weighted by Gasteiger charge is -2.04. The predicted octanol–water partition coefficient (Wildman–Crippen LogP) is 2.44. The van der Waals surface area contributed by atoms with Crippen LogP contribution >= 0.6 is 11.3 Å². The molecular weight excluding hydrogens is 244 g/mol. The summed E-state index contributed by atoms with van der Waals surface area (Å²) in [6.45, 7) is 9.14. The minimum Gasteiger partial charge on any atom is -0.310 e. The lowest BCUT2D eigenvalue weighted by atomic mass is 10.2. The maximum Gasteiger partial charge on any atom is 0.107 e. The summed E-state index contributed by atoms with van der Waals surface area (Å²) in [5, 5.41) is 10.9. The van der Waals surface area contributed by atoms with Gasteiger partial charge in [-0.1, -0.05) is 13.8 Å². The average molecular weight is 264 g/mol. The summed E-state index contributed by atoms with van der Waals surface area (Å²) in [4.78, 5) is 4.62. The van der Waals surface area contributed by atoms with E-state index in [-0.39, 0.29) is 0 Å². The number of aryl methyl sites for hydroxylation is 1. The molecule has 0 bridgehead atoms. The fraction of sp³-hybridized carbons (Fsp3) is 0.538. The van der Waals surface area contributed by atoms with Crippen molar-refractivity contribution < 1.29 is 0 Å². The van der Waals surface area contributed by atoms with Crippen molar-refractivity contribution >= 4 is 11.3 Å². The van der Waals surface area contributed by atoms with Crippen molar-refractivity contribution in [2.75, 3.05) is 6.54 Å². The third kappa shape index (κ3) is 3.65. The first-order valence-corrected chi connectivity index (χ1v) is 7.15. The molecule has 0 radical (unpaired) electrons. The van der Waals surface area contributed by atoms with Crippen molar-refractivity contribution in [1.82, 2.24) is 20.1 Å². The number of nitrogens with zero attached hydrogens (tertiary/aromatic N) is 3. The molecule has 0 saturated carbocycles. The summed E-state index contributed by atoms with van der Waals surface area (Å²) < 4.78 is 1.97. The summed E-state index contributed by atoms with van der Waals surface area (Å²) in [5.74, 6) is 0.677. The molecule has 98 valence electrons. The smallest absolute Gasteiger partial charge is 0.107 e. The van der Waals surface area contributed by atoms with Crippen molar-refractivity contribution in [3.05, 3.63) is 34.0 Å². The third-order valence-electron chi connectivity index (χ3n) is 2.67. The molecular formula is C13H20N4S. The summed E-state index contributed by atoms with van der Waals surface area (Å²) in [5.41, 5.74) is 2.26. The lowest BCUT2D eigenvalue weighted by Crippen LogP contribution is -2.18. The predicted molar refractivity (Wildman–Crippen MR) is 74.7 cm³/mol. The van der Waals surface area contributed by atoms with Gasteiger partial charge < -0.3 is 5.32 Å². The molecule has 0 fully saturated rings. The highest BCUT2D eigenvalue weighted by Crippen LogP contribution is 2.11. The minimum atomic E-state index is 0.677. The van der Waals surface area contributed by atoms with E-state index < -0.39 is 0 Å². The van der Waals surface area contributed by atoms with Crippen LogP contribution in [0.1, 0.15) is 30.2 Å². The van der Waals surface area contributed by atoms with Crippen LogP contribution in [0.4, 0.5) is 0 Å². The van der Waals surface area contributed by atoms with E-state index in [1.165, 1.54) is 5.69 Å². The van der Waals surface area contributed by atoms with Crippen LogP contribution in [0.2, 0.25) is 0 Å². The van der Waals surface area contributed by atoms with Crippen LogP contribution in [0.3, 0.4) is 0 Å². The maximum absolute atomic E-state index is 4.62. The van der Waals surface area contributed by atoms with Crippen molar-refractivity contribution in [3.63, 3.8) is 0 Å². The highest BCUT2D eigenvalue weighted by molar-refractivity contribution is 7.09. The number of rotatable bonds is 6. The van der Waals surface area contributed by atoms with Gasteiger partial charge in [-0.05, 0) is 25.5 Å². The second-order valence-electron chi connectivity index (χ2n) is 4.89. The molecule has 2 aromatic heterocycles. The van der Waals surface area contributed by atoms with E-state index >= 15 is 0 Å². The van der Waals surface area contributed by atoms with Gasteiger partial charge in [-0.25, -0.2) is 4.98 Å². The Morgan fingerprint density at radius 3 is 2.94 bits per heavy atom. The molecule has 4 nitrogen and oxygen atoms in total. The van der Waals surface area contributed by atoms with Gasteiger partial charge >= 0.3 is 0 Å². The Morgan fingerprint density at radius 1 is 1.44 bits per heavy atom. The zero-order chi connectivity index (χ0) is 13.0. The fourth-order valence-corrected chi connectivity index (χ4v) is 2.44. The summed E-state index contributed by atoms with van der Waals surface area (Å²) in [6.07, 6.45) is 1.83. The van der Waals surface area contributed by atoms with E-state index in [1.807, 2.05) is 16.9 Å². The van der Waals surface area contributed by atoms with E-state index in [2.05, 4.69) is 41.6 Å². The average Bonchev–Trinajstić information content (AvgIpc) is 2.90. The summed E-state index contributed by atoms with van der Waals surface area (Å²) in [7, 11) is 0. The first kappa shape index (κ1) is 13.2. The molecule has 2 aromatic rings. The van der Waals surface area contributed by atoms with Gasteiger partial charge in [0.25, 0.3) is 0 Å². The van der Waals surface area contributed by atoms with Crippen LogP contribution in [0, 0.1) is 12.8 Å². The molecule has 0 atom stereocenters. The van der Waals surface area contributed by atoms with Crippen LogP contribution in [-0.4, -0.2) is 21.3 Å². The van der Waals surface area contributed by atoms with Gasteiger partial charge in [0.2, 0.25) is 0 Å². The number of nitrogens with one attached hydrogen (secondary N) is 1. The zero-order valence-electron chi connectivity index (χ0n) is 11.2. The Kier molecular flexibility index (Phi) is 4.49. The topological polar surface area (TPSA) is 42.7 Å². The number of thiazole rings is 1. The van der Waals surface area contributed by atoms with Crippen molar-refractivity contribution in [2.24, 2.45) is 5.92 Å². The SMILES string of the molecule is Cc1ccnn1Cc1csc(CNCC(C)C)n1. The molecule has 0 spiro atoms. The van der Waals surface area contributed by atoms with E-state index in [0.29, 0.717) is 5.92 Å². The van der Waals surface area contributed by atoms with Crippen molar-refractivity contribution in [1.29, 1.82) is 0 Å². The van der Waals surface area contributed by atoms with Gasteiger partial charge in [0.15, 0.2) is 0 Å². The van der Waals surface area contributed by atoms with E-state index in [0.717, 1.165) is 30.3 Å². The molecule has 0 aliphatic rings. The number of aromatic nitrogens is 3. The van der Waals surface area contributed by atoms with Gasteiger partial charge in [-0.2, -0.15) is 5.10 Å². The van der Waals surface area contributed by atoms with Crippen molar-refractivity contribution in [2.45, 2.75) is 33.9 Å². The molecule has 0 aromatic carbocycles. The molecule has 2 heterocycles. The Labute approximate surface area is 112 Å². The number of hydrogen-bond acceptors (Lipinski definition) is 4. The molecule has 0 saturated heterocycles. The molecule has 18 heavy (non-hydrogen) atoms. The molecule has 1 N–H and O–H groups in total. The van der Waals surface area contributed by atoms with Gasteiger partial charge in [-0.3, -0.25) is 4.68 Å². The second-order valence-corrected chi connectivity index (χ2v) is 5.83. The summed E-state index contributed by atoms with van der Waals surface area (Å²) >= 11 is 1.71. The Bertz CT molecular complexity index is 487. The van der Waals surface area contributed by atoms with Crippen LogP contribution in [-0.2, 0) is 13.1 Å². The van der Waals surface area contributed by atoms with Crippen LogP contribution in [0.5, 0.6) is 0 Å². The lowest BCUT2D eigenvalue weighted by molar-refractivity contribution is 0.550. The van der Waals surface area contributed by atoms with Gasteiger partial charge in [0.05, 0.1) is 12.2 Å². The summed E-state index contributed by atoms with van der Waals surface area (Å²) in [6, 6.07) is 2.01. The Balaban J connectivity index is 1.88. The van der Waals surface area contributed by atoms with Crippen molar-refractivity contribution in [3.8, 4) is 0 Å². The monoisotopic (exact) mass is 264 g/mol. The Hall–Kier alpha value is -1.20. The van der Waals surface area contributed by atoms with Crippen LogP contribution in [0.25, 0.3) is 0 Å². The molecule has 5 heteroatoms. The standard InChI is InChI=1S/C13H20N4S/c1-10(2)6-14-7-13-16-12(9-18-13)8-17-11(3)4-5-15-17/h4-5,9-10,14H,6-8H2,1-3H3.